The van der Waals surface area contributed by atoms with Gasteiger partial charge in [0, 0.05) is 70.4 Å². The van der Waals surface area contributed by atoms with Crippen LogP contribution in [0.1, 0.15) is 229 Å². The molecule has 0 radical (unpaired) electrons. The quantitative estimate of drug-likeness (QED) is 0.0241. The molecule has 18 nitrogen and oxygen atoms in total. The number of allylic oxidation sites excluding steroid dienone is 3. The largest absolute Gasteiger partial charge is 0.451 e. The third kappa shape index (κ3) is 19.9. The normalized spacial score (nSPS) is 13.4. The maximum Gasteiger partial charge on any atom is 0.314 e. The molecule has 6 aromatic rings. The fourth-order valence-corrected chi connectivity index (χ4v) is 9.81. The van der Waals surface area contributed by atoms with E-state index in [-0.39, 0.29) is 34.6 Å². The van der Waals surface area contributed by atoms with Gasteiger partial charge in [0.1, 0.15) is 52.0 Å². The molecule has 0 amide bonds. The van der Waals surface area contributed by atoms with E-state index in [1.807, 2.05) is 144 Å². The number of carbonyl (C=O) groups is 3. The maximum atomic E-state index is 12.4. The van der Waals surface area contributed by atoms with E-state index in [1.54, 1.807) is 53.1 Å². The highest BCUT2D eigenvalue weighted by molar-refractivity contribution is 5.97. The Labute approximate surface area is 559 Å². The van der Waals surface area contributed by atoms with Crippen LogP contribution in [0.15, 0.2) is 72.8 Å². The van der Waals surface area contributed by atoms with Crippen LogP contribution >= 0.6 is 0 Å². The van der Waals surface area contributed by atoms with Crippen molar-refractivity contribution in [2.24, 2.45) is 5.41 Å². The lowest BCUT2D eigenvalue weighted by Crippen LogP contribution is -2.28. The molecule has 18 heteroatoms. The molecule has 3 aromatic heterocycles. The van der Waals surface area contributed by atoms with Crippen LogP contribution in [0.25, 0.3) is 34.0 Å². The summed E-state index contributed by atoms with van der Waals surface area (Å²) in [5, 5.41) is 44.1. The van der Waals surface area contributed by atoms with Crippen LogP contribution in [0.2, 0.25) is 0 Å². The van der Waals surface area contributed by atoms with Gasteiger partial charge >= 0.3 is 17.9 Å². The molecule has 0 saturated heterocycles. The monoisotopic (exact) mass is 1280 g/mol. The highest BCUT2D eigenvalue weighted by atomic mass is 16.7. The summed E-state index contributed by atoms with van der Waals surface area (Å²) in [6.07, 6.45) is -2.34. The van der Waals surface area contributed by atoms with Gasteiger partial charge in [-0.05, 0) is 133 Å². The molecule has 0 spiro atoms. The van der Waals surface area contributed by atoms with Crippen LogP contribution in [0.3, 0.4) is 0 Å². The van der Waals surface area contributed by atoms with Crippen molar-refractivity contribution < 1.29 is 42.8 Å². The van der Waals surface area contributed by atoms with Gasteiger partial charge in [-0.15, -0.1) is 0 Å². The summed E-state index contributed by atoms with van der Waals surface area (Å²) >= 11 is 0. The molecule has 3 aromatic carbocycles. The molecule has 6 rings (SSSR count). The van der Waals surface area contributed by atoms with E-state index in [0.717, 1.165) is 56.2 Å². The summed E-state index contributed by atoms with van der Waals surface area (Å²) in [7, 11) is 0. The number of hydrogen-bond donors (Lipinski definition) is 0. The third-order valence-corrected chi connectivity index (χ3v) is 15.6. The Morgan fingerprint density at radius 3 is 0.894 bits per heavy atom. The molecule has 0 bridgehead atoms. The SMILES string of the molecule is CCC(=O)OC(C)O/C(=C(/C#N)c1ccc(C(C)(C)C)cc1)c1c(C)c(C)nn1CC.CCn1nc(C)c(C)c1/C(OC(C)OC(=O)C(C)(C)C)=C(\C#N)c1ccc(C(C)(C)C)cc1.CCn1nc(C)c(C)c1/C(OC(C)OC(C)=O)=C(\C#N)c1ccc(C(C)(C)C)cc1. The molecule has 0 aliphatic rings. The van der Waals surface area contributed by atoms with Gasteiger partial charge in [0.25, 0.3) is 0 Å². The van der Waals surface area contributed by atoms with E-state index in [9.17, 15) is 30.2 Å². The fraction of sp³-hybridized carbons (Fsp3) is 0.487. The lowest BCUT2D eigenvalue weighted by atomic mass is 9.86. The van der Waals surface area contributed by atoms with Crippen LogP contribution in [0.4, 0.5) is 0 Å². The first-order chi connectivity index (χ1) is 43.7. The predicted molar refractivity (Wildman–Crippen MR) is 370 cm³/mol. The summed E-state index contributed by atoms with van der Waals surface area (Å²) in [6, 6.07) is 30.7. The molecule has 94 heavy (non-hydrogen) atoms. The molecule has 504 valence electrons. The lowest BCUT2D eigenvalue weighted by Gasteiger charge is -2.24. The van der Waals surface area contributed by atoms with Gasteiger partial charge in [0.2, 0.25) is 18.9 Å². The van der Waals surface area contributed by atoms with Crippen LogP contribution < -0.4 is 0 Å². The van der Waals surface area contributed by atoms with Gasteiger partial charge in [-0.3, -0.25) is 28.4 Å². The molecule has 3 unspecified atom stereocenters. The summed E-state index contributed by atoms with van der Waals surface area (Å²) < 4.78 is 39.8. The van der Waals surface area contributed by atoms with Crippen molar-refractivity contribution in [1.29, 1.82) is 15.8 Å². The molecule has 0 fully saturated rings. The van der Waals surface area contributed by atoms with Gasteiger partial charge in [-0.2, -0.15) is 31.1 Å². The first-order valence-corrected chi connectivity index (χ1v) is 32.2. The first-order valence-electron chi connectivity index (χ1n) is 32.2. The molecule has 0 aliphatic heterocycles. The minimum Gasteiger partial charge on any atom is -0.451 e. The summed E-state index contributed by atoms with van der Waals surface area (Å²) in [4.78, 5) is 35.6. The van der Waals surface area contributed by atoms with Crippen LogP contribution in [-0.2, 0) is 78.7 Å². The number of hydrogen-bond acceptors (Lipinski definition) is 15. The highest BCUT2D eigenvalue weighted by Gasteiger charge is 2.31. The van der Waals surface area contributed by atoms with E-state index >= 15 is 0 Å². The Morgan fingerprint density at radius 1 is 0.426 bits per heavy atom. The van der Waals surface area contributed by atoms with Gasteiger partial charge in [0.05, 0.1) is 22.5 Å². The number of carbonyl (C=O) groups excluding carboxylic acids is 3. The fourth-order valence-electron chi connectivity index (χ4n) is 9.81. The van der Waals surface area contributed by atoms with Crippen molar-refractivity contribution in [3.63, 3.8) is 0 Å². The zero-order valence-corrected chi connectivity index (χ0v) is 60.7. The molecule has 3 atom stereocenters. The smallest absolute Gasteiger partial charge is 0.314 e. The molecule has 3 heterocycles. The van der Waals surface area contributed by atoms with Crippen molar-refractivity contribution in [3.05, 3.63) is 157 Å². The molecular formula is C76H101N9O9. The van der Waals surface area contributed by atoms with Crippen molar-refractivity contribution in [2.75, 3.05) is 0 Å². The van der Waals surface area contributed by atoms with Crippen molar-refractivity contribution in [1.82, 2.24) is 29.3 Å². The molecular weight excluding hydrogens is 1180 g/mol. The molecule has 0 aliphatic carbocycles. The summed E-state index contributed by atoms with van der Waals surface area (Å²) in [5.41, 5.74) is 13.6. The number of aryl methyl sites for hydroxylation is 6. The minimum absolute atomic E-state index is 0.00141. The Balaban J connectivity index is 0.000000301. The summed E-state index contributed by atoms with van der Waals surface area (Å²) in [6.45, 7) is 52.1. The standard InChI is InChI=1S/C27H37N3O3.C25H33N3O3.C24H31N3O3/c1-11-30-23(17(2)18(3)29-30)24(32-19(4)33-25(31)27(8,9)10)22(16-28)20-12-14-21(15-13-20)26(5,6)7;1-9-22(29)30-18(5)31-24(23-16(3)17(4)27-28(23)10-2)21(15-26)19-11-13-20(14-12-19)25(6,7)8;1-9-27-22(15(2)16(3)26-27)23(30-18(5)29-17(4)28)21(14-25)19-10-12-20(13-11-19)24(6,7)8/h12-15,19H,11H2,1-10H3;11-14,18H,9-10H2,1-8H3;10-13,18H,9H2,1-8H3/b24-22-;24-21-;23-21-. The number of aromatic nitrogens is 6. The molecule has 0 N–H and O–H groups in total. The number of rotatable bonds is 19. The van der Waals surface area contributed by atoms with Gasteiger partial charge in [-0.25, -0.2) is 0 Å². The zero-order chi connectivity index (χ0) is 71.1. The van der Waals surface area contributed by atoms with Crippen molar-refractivity contribution in [3.8, 4) is 18.2 Å². The second-order valence-corrected chi connectivity index (χ2v) is 27.2. The number of benzene rings is 3. The number of nitriles is 3. The number of nitrogens with zero attached hydrogens (tertiary/aromatic N) is 9. The second kappa shape index (κ2) is 32.6. The van der Waals surface area contributed by atoms with Gasteiger partial charge < -0.3 is 28.4 Å². The van der Waals surface area contributed by atoms with E-state index in [1.165, 1.54) is 23.6 Å². The second-order valence-electron chi connectivity index (χ2n) is 27.2. The third-order valence-electron chi connectivity index (χ3n) is 15.6. The average molecular weight is 1280 g/mol. The Morgan fingerprint density at radius 2 is 0.681 bits per heavy atom. The van der Waals surface area contributed by atoms with Crippen molar-refractivity contribution >= 4 is 51.9 Å². The van der Waals surface area contributed by atoms with Gasteiger partial charge in [-0.1, -0.05) is 142 Å². The predicted octanol–water partition coefficient (Wildman–Crippen LogP) is 16.8. The minimum atomic E-state index is -0.885. The Kier molecular flexibility index (Phi) is 26.8. The van der Waals surface area contributed by atoms with Gasteiger partial charge in [0.15, 0.2) is 17.3 Å². The Bertz CT molecular complexity index is 3860. The van der Waals surface area contributed by atoms with E-state index in [2.05, 4.69) is 95.8 Å². The maximum absolute atomic E-state index is 12.4. The lowest BCUT2D eigenvalue weighted by molar-refractivity contribution is -0.173. The van der Waals surface area contributed by atoms with Crippen LogP contribution in [-0.4, -0.2) is 66.1 Å². The highest BCUT2D eigenvalue weighted by Crippen LogP contribution is 2.37. The zero-order valence-electron chi connectivity index (χ0n) is 60.7. The number of esters is 3. The first kappa shape index (κ1) is 77.2. The van der Waals surface area contributed by atoms with E-state index < -0.39 is 30.3 Å². The van der Waals surface area contributed by atoms with E-state index in [0.29, 0.717) is 65.0 Å². The molecule has 0 saturated carbocycles. The Hall–Kier alpha value is -9.21. The van der Waals surface area contributed by atoms with Crippen LogP contribution in [0, 0.1) is 81.0 Å². The average Bonchev–Trinajstić information content (AvgIpc) is 1.47. The van der Waals surface area contributed by atoms with Crippen LogP contribution in [0.5, 0.6) is 0 Å². The number of ether oxygens (including phenoxy) is 6. The summed E-state index contributed by atoms with van der Waals surface area (Å²) in [5.74, 6) is -0.116. The van der Waals surface area contributed by atoms with E-state index in [4.69, 9.17) is 28.4 Å². The van der Waals surface area contributed by atoms with Crippen molar-refractivity contribution in [2.45, 2.75) is 241 Å². The topological polar surface area (TPSA) is 231 Å².